The summed E-state index contributed by atoms with van der Waals surface area (Å²) in [6, 6.07) is 9.44. The first-order valence-corrected chi connectivity index (χ1v) is 6.46. The van der Waals surface area contributed by atoms with Gasteiger partial charge in [-0.3, -0.25) is 0 Å². The third-order valence-electron chi connectivity index (χ3n) is 2.25. The Morgan fingerprint density at radius 3 is 2.82 bits per heavy atom. The minimum Gasteiger partial charge on any atom is -0.495 e. The predicted octanol–water partition coefficient (Wildman–Crippen LogP) is 4.16. The molecule has 0 aliphatic carbocycles. The number of benzene rings is 1. The molecule has 0 radical (unpaired) electrons. The molecule has 0 spiro atoms. The van der Waals surface area contributed by atoms with Crippen LogP contribution in [-0.2, 0) is 6.54 Å². The van der Waals surface area contributed by atoms with Gasteiger partial charge in [0, 0.05) is 11.8 Å². The van der Waals surface area contributed by atoms with Crippen LogP contribution in [0.4, 0.5) is 5.69 Å². The largest absolute Gasteiger partial charge is 0.495 e. The van der Waals surface area contributed by atoms with Gasteiger partial charge in [0.05, 0.1) is 18.7 Å². The molecule has 0 unspecified atom stereocenters. The normalized spacial score (nSPS) is 10.3. The highest BCUT2D eigenvalue weighted by Crippen LogP contribution is 2.27. The molecule has 5 heteroatoms. The Hall–Kier alpha value is -0.880. The van der Waals surface area contributed by atoms with Crippen LogP contribution in [0, 0.1) is 3.77 Å². The lowest BCUT2D eigenvalue weighted by molar-refractivity contribution is 0.415. The number of furan rings is 1. The smallest absolute Gasteiger partial charge is 0.164 e. The van der Waals surface area contributed by atoms with Gasteiger partial charge in [0.2, 0.25) is 0 Å². The number of methoxy groups -OCH3 is 1. The van der Waals surface area contributed by atoms with Crippen molar-refractivity contribution < 1.29 is 9.15 Å². The van der Waals surface area contributed by atoms with Crippen molar-refractivity contribution >= 4 is 39.9 Å². The monoisotopic (exact) mass is 363 g/mol. The topological polar surface area (TPSA) is 34.4 Å². The molecule has 0 bridgehead atoms. The Labute approximate surface area is 118 Å². The quantitative estimate of drug-likeness (QED) is 0.828. The summed E-state index contributed by atoms with van der Waals surface area (Å²) in [5.74, 6) is 1.55. The summed E-state index contributed by atoms with van der Waals surface area (Å²) in [5, 5.41) is 3.84. The third kappa shape index (κ3) is 3.29. The number of rotatable bonds is 4. The van der Waals surface area contributed by atoms with Crippen molar-refractivity contribution in [3.05, 3.63) is 44.9 Å². The zero-order valence-corrected chi connectivity index (χ0v) is 12.1. The molecule has 0 aliphatic heterocycles. The molecular weight excluding hydrogens is 352 g/mol. The summed E-state index contributed by atoms with van der Waals surface area (Å²) in [6.45, 7) is 0.633. The number of nitrogens with one attached hydrogen (secondary N) is 1. The van der Waals surface area contributed by atoms with Crippen LogP contribution in [-0.4, -0.2) is 7.11 Å². The van der Waals surface area contributed by atoms with E-state index in [4.69, 9.17) is 20.8 Å². The van der Waals surface area contributed by atoms with E-state index in [-0.39, 0.29) is 0 Å². The van der Waals surface area contributed by atoms with E-state index in [9.17, 15) is 0 Å². The fraction of sp³-hybridized carbons (Fsp3) is 0.167. The fourth-order valence-corrected chi connectivity index (χ4v) is 2.06. The van der Waals surface area contributed by atoms with Crippen LogP contribution in [0.25, 0.3) is 0 Å². The van der Waals surface area contributed by atoms with Crippen LogP contribution in [0.5, 0.6) is 5.75 Å². The van der Waals surface area contributed by atoms with Crippen molar-refractivity contribution in [2.24, 2.45) is 0 Å². The third-order valence-corrected chi connectivity index (χ3v) is 3.14. The minimum absolute atomic E-state index is 0.602. The number of anilines is 1. The van der Waals surface area contributed by atoms with Gasteiger partial charge < -0.3 is 14.5 Å². The van der Waals surface area contributed by atoms with E-state index in [0.717, 1.165) is 15.2 Å². The molecule has 1 aromatic carbocycles. The van der Waals surface area contributed by atoms with Crippen LogP contribution in [0.15, 0.2) is 34.7 Å². The van der Waals surface area contributed by atoms with Crippen molar-refractivity contribution in [2.45, 2.75) is 6.54 Å². The summed E-state index contributed by atoms with van der Waals surface area (Å²) >= 11 is 8.08. The molecule has 0 atom stereocenters. The van der Waals surface area contributed by atoms with E-state index in [2.05, 4.69) is 27.9 Å². The van der Waals surface area contributed by atoms with E-state index in [1.165, 1.54) is 0 Å². The lowest BCUT2D eigenvalue weighted by Crippen LogP contribution is -1.98. The highest BCUT2D eigenvalue weighted by molar-refractivity contribution is 14.1. The number of ether oxygens (including phenoxy) is 1. The summed E-state index contributed by atoms with van der Waals surface area (Å²) in [5.41, 5.74) is 0.942. The minimum atomic E-state index is 0.602. The molecule has 0 saturated heterocycles. The predicted molar refractivity (Wildman–Crippen MR) is 76.8 cm³/mol. The van der Waals surface area contributed by atoms with Gasteiger partial charge in [0.15, 0.2) is 3.77 Å². The van der Waals surface area contributed by atoms with Crippen molar-refractivity contribution in [1.29, 1.82) is 0 Å². The standard InChI is InChI=1S/C12H11ClINO2/c1-16-11-6-8(2-4-10(11)13)15-7-9-3-5-12(14)17-9/h2-6,15H,7H2,1H3. The molecule has 2 aromatic rings. The van der Waals surface area contributed by atoms with Gasteiger partial charge in [-0.1, -0.05) is 11.6 Å². The maximum absolute atomic E-state index is 5.94. The molecule has 1 heterocycles. The second kappa shape index (κ2) is 5.64. The van der Waals surface area contributed by atoms with Crippen molar-refractivity contribution in [3.8, 4) is 5.75 Å². The van der Waals surface area contributed by atoms with E-state index < -0.39 is 0 Å². The summed E-state index contributed by atoms with van der Waals surface area (Å²) in [6.07, 6.45) is 0. The first-order valence-electron chi connectivity index (χ1n) is 5.00. The van der Waals surface area contributed by atoms with Crippen molar-refractivity contribution in [1.82, 2.24) is 0 Å². The molecule has 0 saturated carbocycles. The summed E-state index contributed by atoms with van der Waals surface area (Å²) in [4.78, 5) is 0. The molecule has 90 valence electrons. The Kier molecular flexibility index (Phi) is 4.17. The Morgan fingerprint density at radius 1 is 1.35 bits per heavy atom. The van der Waals surface area contributed by atoms with Crippen molar-refractivity contribution in [3.63, 3.8) is 0 Å². The first-order chi connectivity index (χ1) is 8.19. The lowest BCUT2D eigenvalue weighted by Gasteiger charge is -2.08. The molecular formula is C12H11ClINO2. The molecule has 2 rings (SSSR count). The zero-order chi connectivity index (χ0) is 12.3. The Balaban J connectivity index is 2.04. The van der Waals surface area contributed by atoms with Gasteiger partial charge in [0.25, 0.3) is 0 Å². The van der Waals surface area contributed by atoms with Gasteiger partial charge >= 0.3 is 0 Å². The Bertz CT molecular complexity index is 513. The molecule has 1 aromatic heterocycles. The second-order valence-corrected chi connectivity index (χ2v) is 4.88. The van der Waals surface area contributed by atoms with Gasteiger partial charge in [-0.25, -0.2) is 0 Å². The molecule has 0 aliphatic rings. The highest BCUT2D eigenvalue weighted by atomic mass is 127. The number of hydrogen-bond acceptors (Lipinski definition) is 3. The second-order valence-electron chi connectivity index (χ2n) is 3.41. The molecule has 17 heavy (non-hydrogen) atoms. The molecule has 3 nitrogen and oxygen atoms in total. The molecule has 1 N–H and O–H groups in total. The summed E-state index contributed by atoms with van der Waals surface area (Å²) in [7, 11) is 1.60. The van der Waals surface area contributed by atoms with E-state index in [1.54, 1.807) is 13.2 Å². The average molecular weight is 364 g/mol. The van der Waals surface area contributed by atoms with Crippen LogP contribution < -0.4 is 10.1 Å². The van der Waals surface area contributed by atoms with Crippen LogP contribution in [0.2, 0.25) is 5.02 Å². The number of halogens is 2. The Morgan fingerprint density at radius 2 is 2.18 bits per heavy atom. The highest BCUT2D eigenvalue weighted by Gasteiger charge is 2.03. The molecule has 0 fully saturated rings. The zero-order valence-electron chi connectivity index (χ0n) is 9.17. The van der Waals surface area contributed by atoms with Crippen LogP contribution in [0.3, 0.4) is 0 Å². The summed E-state index contributed by atoms with van der Waals surface area (Å²) < 4.78 is 11.5. The number of hydrogen-bond donors (Lipinski definition) is 1. The van der Waals surface area contributed by atoms with Crippen LogP contribution >= 0.6 is 34.2 Å². The first kappa shape index (κ1) is 12.6. The fourth-order valence-electron chi connectivity index (χ4n) is 1.41. The maximum Gasteiger partial charge on any atom is 0.164 e. The van der Waals surface area contributed by atoms with Crippen molar-refractivity contribution in [2.75, 3.05) is 12.4 Å². The SMILES string of the molecule is COc1cc(NCc2ccc(I)o2)ccc1Cl. The van der Waals surface area contributed by atoms with Gasteiger partial charge in [0.1, 0.15) is 11.5 Å². The van der Waals surface area contributed by atoms with Gasteiger partial charge in [-0.2, -0.15) is 0 Å². The van der Waals surface area contributed by atoms with Crippen LogP contribution in [0.1, 0.15) is 5.76 Å². The van der Waals surface area contributed by atoms with Gasteiger partial charge in [-0.05, 0) is 46.9 Å². The lowest BCUT2D eigenvalue weighted by atomic mass is 10.3. The van der Waals surface area contributed by atoms with E-state index in [0.29, 0.717) is 17.3 Å². The molecule has 0 amide bonds. The van der Waals surface area contributed by atoms with Gasteiger partial charge in [-0.15, -0.1) is 0 Å². The maximum atomic E-state index is 5.94. The van der Waals surface area contributed by atoms with E-state index >= 15 is 0 Å². The van der Waals surface area contributed by atoms with E-state index in [1.807, 2.05) is 24.3 Å². The average Bonchev–Trinajstić information content (AvgIpc) is 2.74.